The second-order valence-corrected chi connectivity index (χ2v) is 6.42. The highest BCUT2D eigenvalue weighted by Gasteiger charge is 2.19. The van der Waals surface area contributed by atoms with Crippen molar-refractivity contribution in [2.24, 2.45) is 4.99 Å². The molecule has 0 fully saturated rings. The Bertz CT molecular complexity index is 438. The van der Waals surface area contributed by atoms with Gasteiger partial charge in [0.05, 0.1) is 6.54 Å². The second-order valence-electron chi connectivity index (χ2n) is 6.42. The van der Waals surface area contributed by atoms with Crippen LogP contribution >= 0.6 is 0 Å². The van der Waals surface area contributed by atoms with Crippen molar-refractivity contribution in [1.82, 2.24) is 15.5 Å². The molecular weight excluding hydrogens is 272 g/mol. The van der Waals surface area contributed by atoms with Gasteiger partial charge in [-0.3, -0.25) is 4.99 Å². The molecule has 1 rings (SSSR count). The van der Waals surface area contributed by atoms with E-state index in [1.165, 1.54) is 5.56 Å². The number of hydrogen-bond donors (Lipinski definition) is 2. The molecule has 1 aromatic carbocycles. The van der Waals surface area contributed by atoms with Crippen LogP contribution in [-0.2, 0) is 6.42 Å². The van der Waals surface area contributed by atoms with Gasteiger partial charge in [-0.1, -0.05) is 30.3 Å². The third-order valence-corrected chi connectivity index (χ3v) is 3.96. The third-order valence-electron chi connectivity index (χ3n) is 3.96. The Morgan fingerprint density at radius 3 is 2.41 bits per heavy atom. The highest BCUT2D eigenvalue weighted by molar-refractivity contribution is 5.79. The summed E-state index contributed by atoms with van der Waals surface area (Å²) in [5.74, 6) is 0.908. The van der Waals surface area contributed by atoms with Crippen LogP contribution in [0.15, 0.2) is 35.3 Å². The lowest BCUT2D eigenvalue weighted by Crippen LogP contribution is -2.44. The fraction of sp³-hybridized carbons (Fsp3) is 0.611. The predicted molar refractivity (Wildman–Crippen MR) is 96.5 cm³/mol. The molecule has 0 bridgehead atoms. The van der Waals surface area contributed by atoms with Gasteiger partial charge >= 0.3 is 0 Å². The van der Waals surface area contributed by atoms with Crippen molar-refractivity contribution in [3.05, 3.63) is 35.9 Å². The molecule has 0 atom stereocenters. The van der Waals surface area contributed by atoms with Gasteiger partial charge in [-0.05, 0) is 53.3 Å². The Hall–Kier alpha value is -1.55. The molecule has 4 nitrogen and oxygen atoms in total. The maximum absolute atomic E-state index is 4.70. The van der Waals surface area contributed by atoms with Crippen molar-refractivity contribution in [2.75, 3.05) is 33.7 Å². The molecular formula is C18H32N4. The Balaban J connectivity index is 2.40. The maximum Gasteiger partial charge on any atom is 0.191 e. The van der Waals surface area contributed by atoms with E-state index in [2.05, 4.69) is 80.7 Å². The lowest BCUT2D eigenvalue weighted by atomic mass is 10.1. The number of nitrogens with zero attached hydrogens (tertiary/aromatic N) is 2. The molecule has 0 radical (unpaired) electrons. The molecule has 124 valence electrons. The molecule has 2 N–H and O–H groups in total. The summed E-state index contributed by atoms with van der Waals surface area (Å²) < 4.78 is 0. The predicted octanol–water partition coefficient (Wildman–Crippen LogP) is 2.51. The number of nitrogens with one attached hydrogen (secondary N) is 2. The van der Waals surface area contributed by atoms with Crippen LogP contribution in [0.4, 0.5) is 0 Å². The molecule has 0 aromatic heterocycles. The molecule has 4 heteroatoms. The van der Waals surface area contributed by atoms with E-state index in [0.717, 1.165) is 38.4 Å². The van der Waals surface area contributed by atoms with Crippen LogP contribution < -0.4 is 10.6 Å². The van der Waals surface area contributed by atoms with Crippen LogP contribution in [-0.4, -0.2) is 50.1 Å². The molecule has 0 aliphatic heterocycles. The van der Waals surface area contributed by atoms with Crippen molar-refractivity contribution in [1.29, 1.82) is 0 Å². The first-order valence-electron chi connectivity index (χ1n) is 8.19. The molecule has 0 heterocycles. The first kappa shape index (κ1) is 18.5. The highest BCUT2D eigenvalue weighted by Crippen LogP contribution is 2.09. The molecule has 0 aliphatic rings. The molecule has 0 unspecified atom stereocenters. The standard InChI is InChI=1S/C18H32N4/c1-6-19-17(21-15-18(2,3)22(4)5)20-14-10-13-16-11-8-7-9-12-16/h7-9,11-12H,6,10,13-15H2,1-5H3,(H2,19,20,21). The maximum atomic E-state index is 4.70. The number of benzene rings is 1. The molecule has 0 aliphatic carbocycles. The molecule has 22 heavy (non-hydrogen) atoms. The van der Waals surface area contributed by atoms with Crippen LogP contribution in [0.25, 0.3) is 0 Å². The lowest BCUT2D eigenvalue weighted by Gasteiger charge is -2.31. The van der Waals surface area contributed by atoms with Gasteiger partial charge in [0.25, 0.3) is 0 Å². The summed E-state index contributed by atoms with van der Waals surface area (Å²) in [7, 11) is 4.19. The summed E-state index contributed by atoms with van der Waals surface area (Å²) in [6, 6.07) is 10.6. The van der Waals surface area contributed by atoms with Crippen molar-refractivity contribution in [3.63, 3.8) is 0 Å². The van der Waals surface area contributed by atoms with Gasteiger partial charge in [-0.25, -0.2) is 0 Å². The summed E-state index contributed by atoms with van der Waals surface area (Å²) in [5.41, 5.74) is 1.45. The van der Waals surface area contributed by atoms with E-state index in [4.69, 9.17) is 4.99 Å². The van der Waals surface area contributed by atoms with Crippen molar-refractivity contribution in [2.45, 2.75) is 39.2 Å². The van der Waals surface area contributed by atoms with Gasteiger partial charge in [0, 0.05) is 18.6 Å². The van der Waals surface area contributed by atoms with Crippen LogP contribution in [0.2, 0.25) is 0 Å². The molecule has 0 saturated heterocycles. The van der Waals surface area contributed by atoms with E-state index in [0.29, 0.717) is 0 Å². The van der Waals surface area contributed by atoms with E-state index >= 15 is 0 Å². The molecule has 0 saturated carbocycles. The minimum Gasteiger partial charge on any atom is -0.357 e. The minimum absolute atomic E-state index is 0.0619. The number of aryl methyl sites for hydroxylation is 1. The van der Waals surface area contributed by atoms with E-state index in [-0.39, 0.29) is 5.54 Å². The summed E-state index contributed by atoms with van der Waals surface area (Å²) in [6.07, 6.45) is 2.20. The van der Waals surface area contributed by atoms with Crippen molar-refractivity contribution in [3.8, 4) is 0 Å². The topological polar surface area (TPSA) is 39.7 Å². The molecule has 0 spiro atoms. The van der Waals surface area contributed by atoms with Gasteiger partial charge in [-0.15, -0.1) is 0 Å². The van der Waals surface area contributed by atoms with Crippen LogP contribution in [0.3, 0.4) is 0 Å². The number of rotatable bonds is 8. The zero-order valence-corrected chi connectivity index (χ0v) is 14.8. The normalized spacial score (nSPS) is 12.5. The summed E-state index contributed by atoms with van der Waals surface area (Å²) in [6.45, 7) is 9.09. The number of aliphatic imine (C=N–C) groups is 1. The Labute approximate surface area is 136 Å². The Kier molecular flexibility index (Phi) is 7.96. The van der Waals surface area contributed by atoms with Gasteiger partial charge in [0.2, 0.25) is 0 Å². The van der Waals surface area contributed by atoms with E-state index in [1.54, 1.807) is 0 Å². The quantitative estimate of drug-likeness (QED) is 0.440. The fourth-order valence-electron chi connectivity index (χ4n) is 1.90. The van der Waals surface area contributed by atoms with E-state index in [9.17, 15) is 0 Å². The first-order chi connectivity index (χ1) is 10.5. The largest absolute Gasteiger partial charge is 0.357 e. The van der Waals surface area contributed by atoms with Crippen molar-refractivity contribution >= 4 is 5.96 Å². The SMILES string of the molecule is CCNC(=NCC(C)(C)N(C)C)NCCCc1ccccc1. The van der Waals surface area contributed by atoms with Crippen LogP contribution in [0.5, 0.6) is 0 Å². The highest BCUT2D eigenvalue weighted by atomic mass is 15.2. The lowest BCUT2D eigenvalue weighted by molar-refractivity contribution is 0.204. The Morgan fingerprint density at radius 1 is 1.14 bits per heavy atom. The number of likely N-dealkylation sites (N-methyl/N-ethyl adjacent to an activating group) is 1. The summed E-state index contributed by atoms with van der Waals surface area (Å²) in [5, 5.41) is 6.74. The monoisotopic (exact) mass is 304 g/mol. The first-order valence-corrected chi connectivity index (χ1v) is 8.19. The van der Waals surface area contributed by atoms with Crippen molar-refractivity contribution < 1.29 is 0 Å². The van der Waals surface area contributed by atoms with E-state index < -0.39 is 0 Å². The van der Waals surface area contributed by atoms with E-state index in [1.807, 2.05) is 0 Å². The second kappa shape index (κ2) is 9.46. The minimum atomic E-state index is 0.0619. The summed E-state index contributed by atoms with van der Waals surface area (Å²) in [4.78, 5) is 6.91. The fourth-order valence-corrected chi connectivity index (χ4v) is 1.90. The summed E-state index contributed by atoms with van der Waals surface area (Å²) >= 11 is 0. The number of hydrogen-bond acceptors (Lipinski definition) is 2. The van der Waals surface area contributed by atoms with Gasteiger partial charge in [0.1, 0.15) is 0 Å². The number of guanidine groups is 1. The molecule has 1 aromatic rings. The van der Waals surface area contributed by atoms with Gasteiger partial charge < -0.3 is 15.5 Å². The zero-order valence-electron chi connectivity index (χ0n) is 14.8. The average molecular weight is 304 g/mol. The van der Waals surface area contributed by atoms with Gasteiger partial charge in [0.15, 0.2) is 5.96 Å². The van der Waals surface area contributed by atoms with Gasteiger partial charge in [-0.2, -0.15) is 0 Å². The smallest absolute Gasteiger partial charge is 0.191 e. The molecule has 0 amide bonds. The average Bonchev–Trinajstić information content (AvgIpc) is 2.50. The Morgan fingerprint density at radius 2 is 1.82 bits per heavy atom. The third kappa shape index (κ3) is 6.94. The van der Waals surface area contributed by atoms with Crippen LogP contribution in [0.1, 0.15) is 32.8 Å². The van der Waals surface area contributed by atoms with Crippen LogP contribution in [0, 0.1) is 0 Å². The zero-order chi connectivity index (χ0) is 16.4.